The molecule has 2 aromatic carbocycles. The fraction of sp³-hybridized carbons (Fsp3) is 0. The lowest BCUT2D eigenvalue weighted by Crippen LogP contribution is -1.96. The van der Waals surface area contributed by atoms with Gasteiger partial charge >= 0.3 is 0 Å². The Labute approximate surface area is 118 Å². The Bertz CT molecular complexity index is 653. The molecule has 0 unspecified atom stereocenters. The molecule has 0 aliphatic rings. The summed E-state index contributed by atoms with van der Waals surface area (Å²) in [7, 11) is 0. The van der Waals surface area contributed by atoms with Crippen molar-refractivity contribution >= 4 is 34.1 Å². The lowest BCUT2D eigenvalue weighted by molar-refractivity contribution is -0.384. The van der Waals surface area contributed by atoms with Crippen LogP contribution in [-0.2, 0) is 0 Å². The zero-order chi connectivity index (χ0) is 14.0. The van der Waals surface area contributed by atoms with Crippen LogP contribution >= 0.6 is 23.2 Å². The van der Waals surface area contributed by atoms with Crippen molar-refractivity contribution in [3.63, 3.8) is 0 Å². The first-order valence-corrected chi connectivity index (χ1v) is 5.99. The van der Waals surface area contributed by atoms with Crippen LogP contribution < -0.4 is 0 Å². The minimum absolute atomic E-state index is 0.105. The SMILES string of the molecule is O=C(Cl)c1ccc([N+](=O)[O-])cc1-c1ccc(Cl)cc1. The van der Waals surface area contributed by atoms with Crippen molar-refractivity contribution in [1.29, 1.82) is 0 Å². The van der Waals surface area contributed by atoms with E-state index >= 15 is 0 Å². The first-order valence-electron chi connectivity index (χ1n) is 5.23. The Morgan fingerprint density at radius 2 is 1.74 bits per heavy atom. The van der Waals surface area contributed by atoms with Gasteiger partial charge in [0.25, 0.3) is 10.9 Å². The topological polar surface area (TPSA) is 60.2 Å². The normalized spacial score (nSPS) is 10.2. The van der Waals surface area contributed by atoms with E-state index in [-0.39, 0.29) is 11.3 Å². The third-order valence-electron chi connectivity index (χ3n) is 2.58. The Morgan fingerprint density at radius 3 is 2.26 bits per heavy atom. The molecule has 19 heavy (non-hydrogen) atoms. The van der Waals surface area contributed by atoms with Gasteiger partial charge in [-0.2, -0.15) is 0 Å². The number of carbonyl (C=O) groups excluding carboxylic acids is 1. The van der Waals surface area contributed by atoms with Gasteiger partial charge in [-0.05, 0) is 35.4 Å². The van der Waals surface area contributed by atoms with Gasteiger partial charge in [-0.3, -0.25) is 14.9 Å². The maximum Gasteiger partial charge on any atom is 0.270 e. The van der Waals surface area contributed by atoms with Gasteiger partial charge in [0.05, 0.1) is 4.92 Å². The van der Waals surface area contributed by atoms with Crippen LogP contribution in [0.25, 0.3) is 11.1 Å². The highest BCUT2D eigenvalue weighted by molar-refractivity contribution is 6.68. The molecule has 0 saturated heterocycles. The maximum atomic E-state index is 11.4. The zero-order valence-corrected chi connectivity index (χ0v) is 11.0. The van der Waals surface area contributed by atoms with Crippen molar-refractivity contribution in [2.24, 2.45) is 0 Å². The van der Waals surface area contributed by atoms with Crippen molar-refractivity contribution in [3.8, 4) is 11.1 Å². The molecule has 0 aliphatic carbocycles. The summed E-state index contributed by atoms with van der Waals surface area (Å²) in [6, 6.07) is 10.5. The molecule has 96 valence electrons. The maximum absolute atomic E-state index is 11.4. The van der Waals surface area contributed by atoms with Crippen LogP contribution in [0.15, 0.2) is 42.5 Å². The quantitative estimate of drug-likeness (QED) is 0.482. The summed E-state index contributed by atoms with van der Waals surface area (Å²) in [6.07, 6.45) is 0. The van der Waals surface area contributed by atoms with Gasteiger partial charge in [-0.1, -0.05) is 23.7 Å². The number of nitro groups is 1. The first-order chi connectivity index (χ1) is 8.99. The number of hydrogen-bond donors (Lipinski definition) is 0. The van der Waals surface area contributed by atoms with Gasteiger partial charge in [-0.15, -0.1) is 0 Å². The van der Waals surface area contributed by atoms with E-state index in [0.29, 0.717) is 16.1 Å². The van der Waals surface area contributed by atoms with Gasteiger partial charge in [0, 0.05) is 28.3 Å². The monoisotopic (exact) mass is 295 g/mol. The predicted molar refractivity (Wildman–Crippen MR) is 73.7 cm³/mol. The van der Waals surface area contributed by atoms with E-state index in [2.05, 4.69) is 0 Å². The van der Waals surface area contributed by atoms with Crippen LogP contribution in [-0.4, -0.2) is 10.2 Å². The predicted octanol–water partition coefficient (Wildman–Crippen LogP) is 4.29. The van der Waals surface area contributed by atoms with E-state index < -0.39 is 10.2 Å². The minimum Gasteiger partial charge on any atom is -0.276 e. The summed E-state index contributed by atoms with van der Waals surface area (Å²) in [5, 5.41) is 10.7. The van der Waals surface area contributed by atoms with E-state index in [4.69, 9.17) is 23.2 Å². The number of rotatable bonds is 3. The Kier molecular flexibility index (Phi) is 3.83. The molecule has 4 nitrogen and oxygen atoms in total. The molecule has 0 radical (unpaired) electrons. The second-order valence-corrected chi connectivity index (χ2v) is 4.55. The van der Waals surface area contributed by atoms with Crippen LogP contribution in [0, 0.1) is 10.1 Å². The third kappa shape index (κ3) is 2.92. The van der Waals surface area contributed by atoms with Crippen molar-refractivity contribution in [2.45, 2.75) is 0 Å². The third-order valence-corrected chi connectivity index (χ3v) is 3.04. The minimum atomic E-state index is -0.667. The molecule has 0 atom stereocenters. The van der Waals surface area contributed by atoms with Gasteiger partial charge in [0.1, 0.15) is 0 Å². The highest BCUT2D eigenvalue weighted by Crippen LogP contribution is 2.29. The van der Waals surface area contributed by atoms with Crippen molar-refractivity contribution in [2.75, 3.05) is 0 Å². The Morgan fingerprint density at radius 1 is 1.11 bits per heavy atom. The number of carbonyl (C=O) groups is 1. The van der Waals surface area contributed by atoms with Gasteiger partial charge in [-0.25, -0.2) is 0 Å². The fourth-order valence-corrected chi connectivity index (χ4v) is 1.98. The standard InChI is InChI=1S/C13H7Cl2NO3/c14-9-3-1-8(2-4-9)12-7-10(16(18)19)5-6-11(12)13(15)17/h1-7H. The van der Waals surface area contributed by atoms with Crippen LogP contribution in [0.5, 0.6) is 0 Å². The number of non-ortho nitro benzene ring substituents is 1. The number of nitrogens with zero attached hydrogens (tertiary/aromatic N) is 1. The van der Waals surface area contributed by atoms with Gasteiger partial charge in [0.2, 0.25) is 0 Å². The summed E-state index contributed by atoms with van der Waals surface area (Å²) in [6.45, 7) is 0. The summed E-state index contributed by atoms with van der Waals surface area (Å²) < 4.78 is 0. The molecule has 6 heteroatoms. The van der Waals surface area contributed by atoms with E-state index in [1.165, 1.54) is 18.2 Å². The largest absolute Gasteiger partial charge is 0.276 e. The first kappa shape index (κ1) is 13.5. The average molecular weight is 296 g/mol. The van der Waals surface area contributed by atoms with Crippen molar-refractivity contribution in [1.82, 2.24) is 0 Å². The van der Waals surface area contributed by atoms with E-state index in [0.717, 1.165) is 0 Å². The highest BCUT2D eigenvalue weighted by Gasteiger charge is 2.15. The lowest BCUT2D eigenvalue weighted by atomic mass is 9.99. The Hall–Kier alpha value is -1.91. The summed E-state index contributed by atoms with van der Waals surface area (Å²) in [5.41, 5.74) is 1.16. The van der Waals surface area contributed by atoms with Crippen molar-refractivity contribution < 1.29 is 9.72 Å². The van der Waals surface area contributed by atoms with E-state index in [9.17, 15) is 14.9 Å². The lowest BCUT2D eigenvalue weighted by Gasteiger charge is -2.06. The molecule has 0 aromatic heterocycles. The van der Waals surface area contributed by atoms with Crippen molar-refractivity contribution in [3.05, 3.63) is 63.2 Å². The highest BCUT2D eigenvalue weighted by atomic mass is 35.5. The summed E-state index contributed by atoms with van der Waals surface area (Å²) in [4.78, 5) is 21.6. The smallest absolute Gasteiger partial charge is 0.270 e. The Balaban J connectivity index is 2.64. The average Bonchev–Trinajstić information content (AvgIpc) is 2.38. The summed E-state index contributed by atoms with van der Waals surface area (Å²) in [5.74, 6) is 0. The molecule has 0 N–H and O–H groups in total. The molecule has 0 saturated carbocycles. The number of halogens is 2. The van der Waals surface area contributed by atoms with E-state index in [1.54, 1.807) is 24.3 Å². The van der Waals surface area contributed by atoms with E-state index in [1.807, 2.05) is 0 Å². The van der Waals surface area contributed by atoms with Crippen LogP contribution in [0.3, 0.4) is 0 Å². The molecule has 2 rings (SSSR count). The molecule has 0 heterocycles. The van der Waals surface area contributed by atoms with Crippen LogP contribution in [0.1, 0.15) is 10.4 Å². The van der Waals surface area contributed by atoms with Gasteiger partial charge < -0.3 is 0 Å². The molecule has 0 fully saturated rings. The molecule has 0 amide bonds. The fourth-order valence-electron chi connectivity index (χ4n) is 1.69. The number of nitro benzene ring substituents is 1. The summed E-state index contributed by atoms with van der Waals surface area (Å²) >= 11 is 11.3. The second kappa shape index (κ2) is 5.38. The zero-order valence-electron chi connectivity index (χ0n) is 9.47. The molecule has 2 aromatic rings. The molecular formula is C13H7Cl2NO3. The molecule has 0 aliphatic heterocycles. The van der Waals surface area contributed by atoms with Crippen LogP contribution in [0.4, 0.5) is 5.69 Å². The molecule has 0 spiro atoms. The number of benzene rings is 2. The second-order valence-electron chi connectivity index (χ2n) is 3.77. The van der Waals surface area contributed by atoms with Gasteiger partial charge in [0.15, 0.2) is 0 Å². The molecular weight excluding hydrogens is 289 g/mol. The van der Waals surface area contributed by atoms with Crippen LogP contribution in [0.2, 0.25) is 5.02 Å². The molecule has 0 bridgehead atoms. The number of hydrogen-bond acceptors (Lipinski definition) is 3.